The van der Waals surface area contributed by atoms with Crippen LogP contribution in [0, 0.1) is 11.3 Å². The van der Waals surface area contributed by atoms with E-state index in [4.69, 9.17) is 9.47 Å². The smallest absolute Gasteiger partial charge is 0.118 e. The van der Waals surface area contributed by atoms with Gasteiger partial charge in [0.1, 0.15) is 5.75 Å². The fourth-order valence-corrected chi connectivity index (χ4v) is 3.83. The van der Waals surface area contributed by atoms with Crippen LogP contribution in [0.15, 0.2) is 24.3 Å². The van der Waals surface area contributed by atoms with Crippen molar-refractivity contribution in [3.05, 3.63) is 29.8 Å². The number of ether oxygens (including phenoxy) is 2. The Morgan fingerprint density at radius 2 is 1.91 bits per heavy atom. The van der Waals surface area contributed by atoms with Gasteiger partial charge in [0.15, 0.2) is 0 Å². The van der Waals surface area contributed by atoms with Crippen LogP contribution in [0.2, 0.25) is 0 Å². The van der Waals surface area contributed by atoms with Crippen molar-refractivity contribution < 1.29 is 9.47 Å². The molecule has 1 aromatic rings. The van der Waals surface area contributed by atoms with E-state index >= 15 is 0 Å². The molecule has 0 radical (unpaired) electrons. The first kappa shape index (κ1) is 18.3. The van der Waals surface area contributed by atoms with Crippen LogP contribution in [-0.4, -0.2) is 25.9 Å². The fourth-order valence-electron chi connectivity index (χ4n) is 3.83. The third kappa shape index (κ3) is 4.95. The first-order chi connectivity index (χ1) is 10.9. The fraction of sp³-hybridized carbons (Fsp3) is 0.700. The molecule has 1 fully saturated rings. The summed E-state index contributed by atoms with van der Waals surface area (Å²) in [6.45, 7) is 12.1. The van der Waals surface area contributed by atoms with Crippen molar-refractivity contribution >= 4 is 0 Å². The van der Waals surface area contributed by atoms with Crippen LogP contribution in [-0.2, 0) is 11.3 Å². The van der Waals surface area contributed by atoms with E-state index in [-0.39, 0.29) is 5.60 Å². The number of nitrogens with one attached hydrogen (secondary N) is 1. The van der Waals surface area contributed by atoms with Crippen molar-refractivity contribution in [2.45, 2.75) is 59.1 Å². The number of hydrogen-bond donors (Lipinski definition) is 1. The van der Waals surface area contributed by atoms with Crippen molar-refractivity contribution in [1.82, 2.24) is 5.32 Å². The van der Waals surface area contributed by atoms with E-state index < -0.39 is 0 Å². The van der Waals surface area contributed by atoms with Crippen LogP contribution in [0.3, 0.4) is 0 Å². The highest BCUT2D eigenvalue weighted by Crippen LogP contribution is 2.46. The molecule has 130 valence electrons. The Labute approximate surface area is 141 Å². The molecule has 1 atom stereocenters. The Kier molecular flexibility index (Phi) is 6.10. The number of hydrogen-bond acceptors (Lipinski definition) is 3. The Morgan fingerprint density at radius 3 is 2.48 bits per heavy atom. The normalized spacial score (nSPS) is 23.9. The molecular weight excluding hydrogens is 286 g/mol. The monoisotopic (exact) mass is 319 g/mol. The summed E-state index contributed by atoms with van der Waals surface area (Å²) in [7, 11) is 1.70. The average Bonchev–Trinajstić information content (AvgIpc) is 2.51. The van der Waals surface area contributed by atoms with Crippen molar-refractivity contribution in [1.29, 1.82) is 0 Å². The molecule has 3 heteroatoms. The summed E-state index contributed by atoms with van der Waals surface area (Å²) in [5.74, 6) is 1.60. The summed E-state index contributed by atoms with van der Waals surface area (Å²) in [5, 5.41) is 3.61. The number of benzene rings is 1. The van der Waals surface area contributed by atoms with Crippen LogP contribution in [0.1, 0.15) is 52.5 Å². The lowest BCUT2D eigenvalue weighted by Crippen LogP contribution is -2.45. The Morgan fingerprint density at radius 1 is 1.22 bits per heavy atom. The summed E-state index contributed by atoms with van der Waals surface area (Å²) in [6, 6.07) is 8.30. The van der Waals surface area contributed by atoms with Gasteiger partial charge in [-0.3, -0.25) is 0 Å². The largest absolute Gasteiger partial charge is 0.497 e. The molecule has 0 saturated carbocycles. The van der Waals surface area contributed by atoms with Crippen molar-refractivity contribution in [3.8, 4) is 5.75 Å². The van der Waals surface area contributed by atoms with Gasteiger partial charge < -0.3 is 14.8 Å². The minimum atomic E-state index is 0.0124. The van der Waals surface area contributed by atoms with E-state index in [0.29, 0.717) is 11.3 Å². The number of rotatable bonds is 7. The maximum Gasteiger partial charge on any atom is 0.118 e. The number of methoxy groups -OCH3 is 1. The minimum absolute atomic E-state index is 0.0124. The molecule has 0 unspecified atom stereocenters. The molecule has 0 amide bonds. The van der Waals surface area contributed by atoms with Gasteiger partial charge in [-0.25, -0.2) is 0 Å². The molecule has 1 aliphatic heterocycles. The van der Waals surface area contributed by atoms with Gasteiger partial charge in [0.05, 0.1) is 12.7 Å². The zero-order chi connectivity index (χ0) is 16.9. The van der Waals surface area contributed by atoms with Gasteiger partial charge in [-0.2, -0.15) is 0 Å². The van der Waals surface area contributed by atoms with Gasteiger partial charge in [0.25, 0.3) is 0 Å². The lowest BCUT2D eigenvalue weighted by molar-refractivity contribution is -0.121. The predicted molar refractivity (Wildman–Crippen MR) is 95.9 cm³/mol. The van der Waals surface area contributed by atoms with Crippen LogP contribution in [0.5, 0.6) is 5.75 Å². The highest BCUT2D eigenvalue weighted by Gasteiger charge is 2.42. The van der Waals surface area contributed by atoms with Crippen LogP contribution < -0.4 is 10.1 Å². The SMILES string of the molecule is COc1ccc(CNCC[C@@]2(C(C)C)CCOC(C)(C)C2)cc1. The molecular formula is C20H33NO2. The second-order valence-corrected chi connectivity index (χ2v) is 7.83. The molecule has 0 aromatic heterocycles. The van der Waals surface area contributed by atoms with E-state index in [1.165, 1.54) is 18.4 Å². The first-order valence-corrected chi connectivity index (χ1v) is 8.84. The molecule has 1 aliphatic rings. The first-order valence-electron chi connectivity index (χ1n) is 8.84. The van der Waals surface area contributed by atoms with Crippen LogP contribution in [0.25, 0.3) is 0 Å². The van der Waals surface area contributed by atoms with Gasteiger partial charge in [0.2, 0.25) is 0 Å². The Hall–Kier alpha value is -1.06. The zero-order valence-corrected chi connectivity index (χ0v) is 15.4. The van der Waals surface area contributed by atoms with Gasteiger partial charge in [-0.15, -0.1) is 0 Å². The molecule has 0 aliphatic carbocycles. The summed E-state index contributed by atoms with van der Waals surface area (Å²) in [6.07, 6.45) is 3.55. The highest BCUT2D eigenvalue weighted by molar-refractivity contribution is 5.26. The summed E-state index contributed by atoms with van der Waals surface area (Å²) < 4.78 is 11.1. The van der Waals surface area contributed by atoms with Crippen LogP contribution in [0.4, 0.5) is 0 Å². The van der Waals surface area contributed by atoms with E-state index in [1.54, 1.807) is 7.11 Å². The average molecular weight is 319 g/mol. The third-order valence-electron chi connectivity index (χ3n) is 5.38. The summed E-state index contributed by atoms with van der Waals surface area (Å²) >= 11 is 0. The Balaban J connectivity index is 1.84. The van der Waals surface area contributed by atoms with E-state index in [1.807, 2.05) is 12.1 Å². The summed E-state index contributed by atoms with van der Waals surface area (Å²) in [4.78, 5) is 0. The molecule has 1 aromatic carbocycles. The molecule has 3 nitrogen and oxygen atoms in total. The van der Waals surface area contributed by atoms with Crippen molar-refractivity contribution in [3.63, 3.8) is 0 Å². The molecule has 2 rings (SSSR count). The van der Waals surface area contributed by atoms with Gasteiger partial charge in [-0.1, -0.05) is 26.0 Å². The lowest BCUT2D eigenvalue weighted by Gasteiger charge is -2.48. The molecule has 0 bridgehead atoms. The van der Waals surface area contributed by atoms with E-state index in [0.717, 1.165) is 31.9 Å². The van der Waals surface area contributed by atoms with E-state index in [9.17, 15) is 0 Å². The molecule has 23 heavy (non-hydrogen) atoms. The minimum Gasteiger partial charge on any atom is -0.497 e. The maximum absolute atomic E-state index is 5.94. The third-order valence-corrected chi connectivity index (χ3v) is 5.38. The maximum atomic E-state index is 5.94. The molecule has 1 N–H and O–H groups in total. The van der Waals surface area contributed by atoms with E-state index in [2.05, 4.69) is 45.1 Å². The zero-order valence-electron chi connectivity index (χ0n) is 15.4. The lowest BCUT2D eigenvalue weighted by atomic mass is 9.65. The van der Waals surface area contributed by atoms with Crippen molar-refractivity contribution in [2.75, 3.05) is 20.3 Å². The quantitative estimate of drug-likeness (QED) is 0.755. The second kappa shape index (κ2) is 7.67. The molecule has 1 heterocycles. The topological polar surface area (TPSA) is 30.5 Å². The standard InChI is InChI=1S/C20H33NO2/c1-16(2)20(11-13-23-19(3,4)15-20)10-12-21-14-17-6-8-18(22-5)9-7-17/h6-9,16,21H,10-15H2,1-5H3/t20-/m1/s1. The predicted octanol–water partition coefficient (Wildman–Crippen LogP) is 4.41. The van der Waals surface area contributed by atoms with Gasteiger partial charge >= 0.3 is 0 Å². The van der Waals surface area contributed by atoms with Gasteiger partial charge in [-0.05, 0) is 68.7 Å². The Bertz CT molecular complexity index is 481. The summed E-state index contributed by atoms with van der Waals surface area (Å²) in [5.41, 5.74) is 1.71. The van der Waals surface area contributed by atoms with Gasteiger partial charge in [0, 0.05) is 13.2 Å². The molecule has 0 spiro atoms. The second-order valence-electron chi connectivity index (χ2n) is 7.83. The molecule has 1 saturated heterocycles. The van der Waals surface area contributed by atoms with Crippen LogP contribution >= 0.6 is 0 Å². The highest BCUT2D eigenvalue weighted by atomic mass is 16.5. The van der Waals surface area contributed by atoms with Crippen molar-refractivity contribution in [2.24, 2.45) is 11.3 Å².